The Hall–Kier alpha value is -3.44. The molecule has 34 heavy (non-hydrogen) atoms. The quantitative estimate of drug-likeness (QED) is 0.370. The fraction of sp³-hybridized carbons (Fsp3) is 0.261. The van der Waals surface area contributed by atoms with Crippen LogP contribution in [0.5, 0.6) is 0 Å². The maximum atomic E-state index is 14.8. The van der Waals surface area contributed by atoms with Gasteiger partial charge < -0.3 is 10.6 Å². The lowest BCUT2D eigenvalue weighted by Gasteiger charge is -2.14. The van der Waals surface area contributed by atoms with Crippen LogP contribution in [0.3, 0.4) is 0 Å². The van der Waals surface area contributed by atoms with Crippen molar-refractivity contribution in [1.82, 2.24) is 35.3 Å². The number of nitrogens with zero attached hydrogens (tertiary/aromatic N) is 6. The molecule has 0 radical (unpaired) electrons. The van der Waals surface area contributed by atoms with E-state index in [0.717, 1.165) is 27.1 Å². The van der Waals surface area contributed by atoms with E-state index in [0.29, 0.717) is 37.7 Å². The van der Waals surface area contributed by atoms with Crippen LogP contribution in [-0.2, 0) is 19.5 Å². The van der Waals surface area contributed by atoms with Gasteiger partial charge in [-0.1, -0.05) is 23.4 Å². The first-order valence-corrected chi connectivity index (χ1v) is 11.7. The summed E-state index contributed by atoms with van der Waals surface area (Å²) in [7, 11) is 1.84. The van der Waals surface area contributed by atoms with Crippen LogP contribution < -0.4 is 10.6 Å². The first-order chi connectivity index (χ1) is 16.6. The molecule has 1 atom stereocenters. The van der Waals surface area contributed by atoms with Crippen LogP contribution in [0.4, 0.5) is 14.7 Å². The molecule has 8 nitrogen and oxygen atoms in total. The Morgan fingerprint density at radius 3 is 2.91 bits per heavy atom. The Balaban J connectivity index is 1.39. The van der Waals surface area contributed by atoms with Gasteiger partial charge in [0.1, 0.15) is 0 Å². The summed E-state index contributed by atoms with van der Waals surface area (Å²) >= 11 is 1.54. The van der Waals surface area contributed by atoms with Crippen LogP contribution in [0.2, 0.25) is 0 Å². The molecular weight excluding hydrogens is 458 g/mol. The molecule has 0 aliphatic carbocycles. The average molecular weight is 481 g/mol. The van der Waals surface area contributed by atoms with Crippen molar-refractivity contribution in [2.45, 2.75) is 29.7 Å². The average Bonchev–Trinajstić information content (AvgIpc) is 3.51. The van der Waals surface area contributed by atoms with Gasteiger partial charge in [-0.05, 0) is 35.7 Å². The molecule has 11 heteroatoms. The first-order valence-electron chi connectivity index (χ1n) is 10.8. The zero-order valence-corrected chi connectivity index (χ0v) is 19.2. The minimum atomic E-state index is -0.532. The molecule has 0 saturated carbocycles. The van der Waals surface area contributed by atoms with Crippen molar-refractivity contribution in [2.24, 2.45) is 0 Å². The van der Waals surface area contributed by atoms with Gasteiger partial charge in [-0.3, -0.25) is 4.68 Å². The molecule has 1 unspecified atom stereocenters. The summed E-state index contributed by atoms with van der Waals surface area (Å²) in [5.41, 5.74) is 4.02. The lowest BCUT2D eigenvalue weighted by Crippen LogP contribution is -2.14. The van der Waals surface area contributed by atoms with E-state index in [4.69, 9.17) is 0 Å². The summed E-state index contributed by atoms with van der Waals surface area (Å²) in [6.07, 6.45) is 6.75. The number of nitrogens with one attached hydrogen (secondary N) is 2. The van der Waals surface area contributed by atoms with Crippen molar-refractivity contribution in [3.05, 3.63) is 77.6 Å². The highest BCUT2D eigenvalue weighted by Gasteiger charge is 2.30. The van der Waals surface area contributed by atoms with Crippen molar-refractivity contribution in [2.75, 3.05) is 18.9 Å². The minimum absolute atomic E-state index is 0.213. The van der Waals surface area contributed by atoms with Gasteiger partial charge in [-0.2, -0.15) is 4.39 Å². The zero-order valence-electron chi connectivity index (χ0n) is 18.4. The number of rotatable bonds is 8. The van der Waals surface area contributed by atoms with Crippen molar-refractivity contribution in [3.63, 3.8) is 0 Å². The highest BCUT2D eigenvalue weighted by molar-refractivity contribution is 8.00. The summed E-state index contributed by atoms with van der Waals surface area (Å²) < 4.78 is 30.5. The van der Waals surface area contributed by atoms with E-state index in [2.05, 4.69) is 35.9 Å². The van der Waals surface area contributed by atoms with Crippen molar-refractivity contribution in [3.8, 4) is 11.1 Å². The van der Waals surface area contributed by atoms with E-state index in [9.17, 15) is 8.78 Å². The fourth-order valence-corrected chi connectivity index (χ4v) is 5.43. The Morgan fingerprint density at radius 1 is 1.18 bits per heavy atom. The predicted molar refractivity (Wildman–Crippen MR) is 125 cm³/mol. The summed E-state index contributed by atoms with van der Waals surface area (Å²) in [5, 5.41) is 13.7. The lowest BCUT2D eigenvalue weighted by molar-refractivity contribution is 0.582. The predicted octanol–water partition coefficient (Wildman–Crippen LogP) is 3.63. The number of anilines is 1. The third kappa shape index (κ3) is 4.62. The fourth-order valence-electron chi connectivity index (χ4n) is 4.00. The first kappa shape index (κ1) is 22.4. The number of aromatic nitrogens is 6. The summed E-state index contributed by atoms with van der Waals surface area (Å²) in [6.45, 7) is 1.67. The number of hydrogen-bond acceptors (Lipinski definition) is 8. The highest BCUT2D eigenvalue weighted by atomic mass is 32.2. The molecule has 4 heterocycles. The minimum Gasteiger partial charge on any atom is -0.352 e. The van der Waals surface area contributed by atoms with E-state index in [1.165, 1.54) is 12.3 Å². The maximum Gasteiger partial charge on any atom is 0.223 e. The monoisotopic (exact) mass is 480 g/mol. The van der Waals surface area contributed by atoms with Gasteiger partial charge in [0.25, 0.3) is 0 Å². The molecule has 1 aliphatic heterocycles. The summed E-state index contributed by atoms with van der Waals surface area (Å²) in [5.74, 6) is -0.615. The molecule has 1 aromatic carbocycles. The smallest absolute Gasteiger partial charge is 0.223 e. The van der Waals surface area contributed by atoms with Gasteiger partial charge in [0, 0.05) is 36.4 Å². The molecule has 2 N–H and O–H groups in total. The second-order valence-corrected chi connectivity index (χ2v) is 9.03. The Labute approximate surface area is 199 Å². The number of benzene rings is 1. The SMILES string of the molecule is CNCc1cnc(F)cc1-c1cccc2c1SC(c1nc(NCCn3ccnn3)ncc1F)C2. The number of hydrogen-bond donors (Lipinski definition) is 2. The number of fused-ring (bicyclic) bond motifs is 1. The van der Waals surface area contributed by atoms with Crippen molar-refractivity contribution < 1.29 is 8.78 Å². The molecule has 1 aliphatic rings. The molecule has 3 aromatic heterocycles. The van der Waals surface area contributed by atoms with Gasteiger partial charge >= 0.3 is 0 Å². The molecule has 0 bridgehead atoms. The molecule has 0 saturated heterocycles. The highest BCUT2D eigenvalue weighted by Crippen LogP contribution is 2.50. The van der Waals surface area contributed by atoms with E-state index < -0.39 is 11.8 Å². The number of thioether (sulfide) groups is 1. The number of halogens is 2. The third-order valence-electron chi connectivity index (χ3n) is 5.54. The normalized spacial score (nSPS) is 14.9. The van der Waals surface area contributed by atoms with E-state index in [1.807, 2.05) is 25.2 Å². The van der Waals surface area contributed by atoms with E-state index in [1.54, 1.807) is 35.0 Å². The number of pyridine rings is 1. The van der Waals surface area contributed by atoms with Crippen LogP contribution >= 0.6 is 11.8 Å². The van der Waals surface area contributed by atoms with Crippen LogP contribution in [0, 0.1) is 11.8 Å². The third-order valence-corrected chi connectivity index (χ3v) is 6.94. The second kappa shape index (κ2) is 9.82. The Morgan fingerprint density at radius 2 is 2.09 bits per heavy atom. The maximum absolute atomic E-state index is 14.8. The van der Waals surface area contributed by atoms with Crippen LogP contribution in [0.1, 0.15) is 22.1 Å². The molecule has 5 rings (SSSR count). The van der Waals surface area contributed by atoms with Crippen LogP contribution in [0.15, 0.2) is 53.9 Å². The molecule has 4 aromatic rings. The van der Waals surface area contributed by atoms with Gasteiger partial charge in [-0.25, -0.2) is 19.3 Å². The summed E-state index contributed by atoms with van der Waals surface area (Å²) in [4.78, 5) is 13.4. The van der Waals surface area contributed by atoms with Crippen LogP contribution in [0.25, 0.3) is 11.1 Å². The Kier molecular flexibility index (Phi) is 6.45. The molecular formula is C23H22F2N8S. The molecule has 0 spiro atoms. The zero-order chi connectivity index (χ0) is 23.5. The standard InChI is InChI=1S/C23H22F2N8S/c1-26-11-15-12-28-20(25)10-17(15)16-4-2-3-14-9-19(34-22(14)16)21-18(24)13-29-23(31-21)27-5-7-33-8-6-30-32-33/h2-4,6,8,10,12-13,19,26H,5,7,9,11H2,1H3,(H,27,29,31). The van der Waals surface area contributed by atoms with Gasteiger partial charge in [-0.15, -0.1) is 16.9 Å². The van der Waals surface area contributed by atoms with E-state index >= 15 is 0 Å². The van der Waals surface area contributed by atoms with Crippen LogP contribution in [-0.4, -0.2) is 43.5 Å². The largest absolute Gasteiger partial charge is 0.352 e. The second-order valence-electron chi connectivity index (χ2n) is 7.82. The molecule has 0 amide bonds. The van der Waals surface area contributed by atoms with Crippen molar-refractivity contribution in [1.29, 1.82) is 0 Å². The molecule has 0 fully saturated rings. The van der Waals surface area contributed by atoms with E-state index in [-0.39, 0.29) is 5.25 Å². The van der Waals surface area contributed by atoms with Gasteiger partial charge in [0.2, 0.25) is 11.9 Å². The van der Waals surface area contributed by atoms with Gasteiger partial charge in [0.15, 0.2) is 5.82 Å². The Bertz CT molecular complexity index is 1300. The topological polar surface area (TPSA) is 93.4 Å². The summed E-state index contributed by atoms with van der Waals surface area (Å²) in [6, 6.07) is 7.40. The van der Waals surface area contributed by atoms with Crippen molar-refractivity contribution >= 4 is 17.7 Å². The lowest BCUT2D eigenvalue weighted by atomic mass is 9.98. The van der Waals surface area contributed by atoms with Gasteiger partial charge in [0.05, 0.1) is 29.9 Å². The molecule has 174 valence electrons.